The first-order chi connectivity index (χ1) is 8.62. The van der Waals surface area contributed by atoms with Gasteiger partial charge >= 0.3 is 0 Å². The zero-order chi connectivity index (χ0) is 13.5. The second kappa shape index (κ2) is 7.03. The van der Waals surface area contributed by atoms with Crippen molar-refractivity contribution in [3.8, 4) is 11.8 Å². The van der Waals surface area contributed by atoms with Gasteiger partial charge < -0.3 is 4.74 Å². The minimum Gasteiger partial charge on any atom is -0.496 e. The Bertz CT molecular complexity index is 423. The van der Waals surface area contributed by atoms with E-state index in [0.717, 1.165) is 17.9 Å². The van der Waals surface area contributed by atoms with Gasteiger partial charge in [-0.15, -0.1) is 0 Å². The zero-order valence-corrected chi connectivity index (χ0v) is 11.7. The summed E-state index contributed by atoms with van der Waals surface area (Å²) in [5.41, 5.74) is 1.75. The van der Waals surface area contributed by atoms with Gasteiger partial charge in [-0.3, -0.25) is 4.90 Å². The highest BCUT2D eigenvalue weighted by Gasteiger charge is 2.12. The first-order valence-electron chi connectivity index (χ1n) is 6.39. The molecule has 0 saturated carbocycles. The number of ether oxygens (including phenoxy) is 1. The van der Waals surface area contributed by atoms with Crippen molar-refractivity contribution in [3.63, 3.8) is 0 Å². The number of nitriles is 1. The van der Waals surface area contributed by atoms with E-state index in [-0.39, 0.29) is 0 Å². The van der Waals surface area contributed by atoms with Gasteiger partial charge in [0, 0.05) is 18.2 Å². The van der Waals surface area contributed by atoms with E-state index in [1.54, 1.807) is 13.2 Å². The van der Waals surface area contributed by atoms with Crippen LogP contribution in [0.2, 0.25) is 0 Å². The summed E-state index contributed by atoms with van der Waals surface area (Å²) < 4.78 is 5.35. The van der Waals surface area contributed by atoms with Gasteiger partial charge in [0.05, 0.1) is 18.7 Å². The van der Waals surface area contributed by atoms with E-state index in [1.165, 1.54) is 12.8 Å². The summed E-state index contributed by atoms with van der Waals surface area (Å²) in [4.78, 5) is 2.29. The van der Waals surface area contributed by atoms with E-state index in [4.69, 9.17) is 10.00 Å². The highest BCUT2D eigenvalue weighted by molar-refractivity contribution is 5.42. The Morgan fingerprint density at radius 1 is 1.44 bits per heavy atom. The predicted octanol–water partition coefficient (Wildman–Crippen LogP) is 3.19. The second-order valence-corrected chi connectivity index (χ2v) is 4.69. The molecule has 1 atom stereocenters. The van der Waals surface area contributed by atoms with E-state index in [0.29, 0.717) is 11.6 Å². The Morgan fingerprint density at radius 3 is 2.72 bits per heavy atom. The summed E-state index contributed by atoms with van der Waals surface area (Å²) in [5.74, 6) is 0.851. The lowest BCUT2D eigenvalue weighted by Crippen LogP contribution is -2.28. The first-order valence-corrected chi connectivity index (χ1v) is 6.39. The fourth-order valence-electron chi connectivity index (χ4n) is 2.03. The van der Waals surface area contributed by atoms with Crippen LogP contribution >= 0.6 is 0 Å². The quantitative estimate of drug-likeness (QED) is 0.773. The smallest absolute Gasteiger partial charge is 0.123 e. The molecule has 18 heavy (non-hydrogen) atoms. The van der Waals surface area contributed by atoms with E-state index >= 15 is 0 Å². The first kappa shape index (κ1) is 14.5. The normalized spacial score (nSPS) is 12.2. The molecule has 0 fully saturated rings. The van der Waals surface area contributed by atoms with Crippen LogP contribution in [-0.4, -0.2) is 25.1 Å². The molecule has 3 heteroatoms. The second-order valence-electron chi connectivity index (χ2n) is 4.69. The molecule has 0 saturated heterocycles. The Morgan fingerprint density at radius 2 is 2.17 bits per heavy atom. The average molecular weight is 246 g/mol. The number of hydrogen-bond acceptors (Lipinski definition) is 3. The SMILES string of the molecule is CCCC(C)N(C)Cc1cc(C#N)ccc1OC. The molecule has 3 nitrogen and oxygen atoms in total. The third-order valence-corrected chi connectivity index (χ3v) is 3.29. The summed E-state index contributed by atoms with van der Waals surface area (Å²) >= 11 is 0. The molecule has 98 valence electrons. The molecule has 0 heterocycles. The van der Waals surface area contributed by atoms with Gasteiger partial charge in [-0.25, -0.2) is 0 Å². The number of nitrogens with zero attached hydrogens (tertiary/aromatic N) is 2. The Labute approximate surface area is 110 Å². The molecule has 0 bridgehead atoms. The van der Waals surface area contributed by atoms with Crippen LogP contribution in [0.15, 0.2) is 18.2 Å². The van der Waals surface area contributed by atoms with Crippen LogP contribution in [0.4, 0.5) is 0 Å². The molecule has 1 aromatic rings. The number of rotatable bonds is 6. The summed E-state index contributed by atoms with van der Waals surface area (Å²) in [6.45, 7) is 5.23. The molecular weight excluding hydrogens is 224 g/mol. The van der Waals surface area contributed by atoms with Crippen molar-refractivity contribution in [3.05, 3.63) is 29.3 Å². The maximum absolute atomic E-state index is 8.95. The summed E-state index contributed by atoms with van der Waals surface area (Å²) in [6.07, 6.45) is 2.36. The van der Waals surface area contributed by atoms with E-state index in [2.05, 4.69) is 31.9 Å². The fraction of sp³-hybridized carbons (Fsp3) is 0.533. The molecule has 0 spiro atoms. The van der Waals surface area contributed by atoms with Crippen molar-refractivity contribution in [2.75, 3.05) is 14.2 Å². The Balaban J connectivity index is 2.85. The van der Waals surface area contributed by atoms with Gasteiger partial charge in [-0.2, -0.15) is 5.26 Å². The molecule has 0 N–H and O–H groups in total. The van der Waals surface area contributed by atoms with Crippen molar-refractivity contribution in [2.45, 2.75) is 39.3 Å². The molecule has 1 rings (SSSR count). The van der Waals surface area contributed by atoms with Crippen molar-refractivity contribution >= 4 is 0 Å². The van der Waals surface area contributed by atoms with Crippen LogP contribution in [0, 0.1) is 11.3 Å². The predicted molar refractivity (Wildman–Crippen MR) is 73.5 cm³/mol. The Hall–Kier alpha value is -1.53. The Kier molecular flexibility index (Phi) is 5.67. The molecular formula is C15H22N2O. The highest BCUT2D eigenvalue weighted by atomic mass is 16.5. The van der Waals surface area contributed by atoms with E-state index in [9.17, 15) is 0 Å². The average Bonchev–Trinajstić information content (AvgIpc) is 2.38. The lowest BCUT2D eigenvalue weighted by molar-refractivity contribution is 0.233. The molecule has 0 aromatic heterocycles. The lowest BCUT2D eigenvalue weighted by atomic mass is 10.1. The summed E-state index contributed by atoms with van der Waals surface area (Å²) in [7, 11) is 3.78. The van der Waals surface area contributed by atoms with Gasteiger partial charge in [-0.1, -0.05) is 13.3 Å². The van der Waals surface area contributed by atoms with Crippen LogP contribution < -0.4 is 4.74 Å². The number of benzene rings is 1. The fourth-order valence-corrected chi connectivity index (χ4v) is 2.03. The summed E-state index contributed by atoms with van der Waals surface area (Å²) in [6, 6.07) is 8.27. The van der Waals surface area contributed by atoms with E-state index < -0.39 is 0 Å². The van der Waals surface area contributed by atoms with Crippen LogP contribution in [-0.2, 0) is 6.54 Å². The minimum absolute atomic E-state index is 0.533. The van der Waals surface area contributed by atoms with Crippen LogP contribution in [0.1, 0.15) is 37.8 Å². The maximum Gasteiger partial charge on any atom is 0.123 e. The lowest BCUT2D eigenvalue weighted by Gasteiger charge is -2.25. The van der Waals surface area contributed by atoms with Crippen molar-refractivity contribution < 1.29 is 4.74 Å². The van der Waals surface area contributed by atoms with Crippen LogP contribution in [0.5, 0.6) is 5.75 Å². The van der Waals surface area contributed by atoms with Crippen molar-refractivity contribution in [2.24, 2.45) is 0 Å². The molecule has 0 aliphatic heterocycles. The van der Waals surface area contributed by atoms with Crippen molar-refractivity contribution in [1.82, 2.24) is 4.90 Å². The van der Waals surface area contributed by atoms with Crippen molar-refractivity contribution in [1.29, 1.82) is 5.26 Å². The molecule has 0 aliphatic carbocycles. The van der Waals surface area contributed by atoms with Crippen LogP contribution in [0.3, 0.4) is 0 Å². The zero-order valence-electron chi connectivity index (χ0n) is 11.7. The largest absolute Gasteiger partial charge is 0.496 e. The molecule has 1 aromatic carbocycles. The molecule has 1 unspecified atom stereocenters. The van der Waals surface area contributed by atoms with E-state index in [1.807, 2.05) is 12.1 Å². The topological polar surface area (TPSA) is 36.3 Å². The van der Waals surface area contributed by atoms with Gasteiger partial charge in [0.25, 0.3) is 0 Å². The number of hydrogen-bond donors (Lipinski definition) is 0. The molecule has 0 radical (unpaired) electrons. The van der Waals surface area contributed by atoms with Gasteiger partial charge in [0.15, 0.2) is 0 Å². The molecule has 0 amide bonds. The third-order valence-electron chi connectivity index (χ3n) is 3.29. The number of methoxy groups -OCH3 is 1. The van der Waals surface area contributed by atoms with Gasteiger partial charge in [-0.05, 0) is 38.6 Å². The molecule has 0 aliphatic rings. The van der Waals surface area contributed by atoms with Gasteiger partial charge in [0.2, 0.25) is 0 Å². The standard InChI is InChI=1S/C15H22N2O/c1-5-6-12(2)17(3)11-14-9-13(10-16)7-8-15(14)18-4/h7-9,12H,5-6,11H2,1-4H3. The third kappa shape index (κ3) is 3.75. The minimum atomic E-state index is 0.533. The van der Waals surface area contributed by atoms with Gasteiger partial charge in [0.1, 0.15) is 5.75 Å². The monoisotopic (exact) mass is 246 g/mol. The highest BCUT2D eigenvalue weighted by Crippen LogP contribution is 2.22. The summed E-state index contributed by atoms with van der Waals surface area (Å²) in [5, 5.41) is 8.95. The maximum atomic E-state index is 8.95. The van der Waals surface area contributed by atoms with Crippen LogP contribution in [0.25, 0.3) is 0 Å².